The van der Waals surface area contributed by atoms with Gasteiger partial charge in [0, 0.05) is 5.56 Å². The first kappa shape index (κ1) is 17.6. The van der Waals surface area contributed by atoms with Gasteiger partial charge in [0.2, 0.25) is 5.76 Å². The van der Waals surface area contributed by atoms with Crippen LogP contribution in [0.1, 0.15) is 21.7 Å². The average molecular weight is 362 g/mol. The van der Waals surface area contributed by atoms with Gasteiger partial charge in [0.25, 0.3) is 0 Å². The van der Waals surface area contributed by atoms with Gasteiger partial charge in [-0.15, -0.1) is 0 Å². The minimum absolute atomic E-state index is 0.357. The highest BCUT2D eigenvalue weighted by Crippen LogP contribution is 2.36. The van der Waals surface area contributed by atoms with Crippen molar-refractivity contribution >= 4 is 5.97 Å². The summed E-state index contributed by atoms with van der Waals surface area (Å²) in [6.45, 7) is -0.462. The second-order valence-electron chi connectivity index (χ2n) is 5.45. The van der Waals surface area contributed by atoms with E-state index in [2.05, 4.69) is 4.42 Å². The van der Waals surface area contributed by atoms with Gasteiger partial charge >= 0.3 is 12.1 Å². The number of rotatable bonds is 5. The van der Waals surface area contributed by atoms with E-state index >= 15 is 0 Å². The number of ether oxygens (including phenoxy) is 1. The van der Waals surface area contributed by atoms with Crippen molar-refractivity contribution in [2.75, 3.05) is 0 Å². The molecule has 7 heteroatoms. The van der Waals surface area contributed by atoms with Crippen LogP contribution >= 0.6 is 0 Å². The molecule has 0 fully saturated rings. The molecule has 1 N–H and O–H groups in total. The maximum absolute atomic E-state index is 13.1. The van der Waals surface area contributed by atoms with Crippen LogP contribution in [0.25, 0.3) is 11.1 Å². The molecule has 134 valence electrons. The zero-order valence-corrected chi connectivity index (χ0v) is 13.3. The molecule has 0 bridgehead atoms. The lowest BCUT2D eigenvalue weighted by atomic mass is 10.1. The largest absolute Gasteiger partial charge is 0.489 e. The van der Waals surface area contributed by atoms with Crippen LogP contribution < -0.4 is 4.74 Å². The third kappa shape index (κ3) is 3.72. The number of halogens is 3. The van der Waals surface area contributed by atoms with E-state index in [1.807, 2.05) is 30.3 Å². The van der Waals surface area contributed by atoms with E-state index in [4.69, 9.17) is 9.84 Å². The lowest BCUT2D eigenvalue weighted by molar-refractivity contribution is -0.139. The lowest BCUT2D eigenvalue weighted by Gasteiger charge is -2.10. The number of carboxylic acid groups (broad SMARTS) is 1. The summed E-state index contributed by atoms with van der Waals surface area (Å²) in [5, 5.41) is 8.83. The molecule has 0 aliphatic rings. The van der Waals surface area contributed by atoms with E-state index in [0.29, 0.717) is 5.75 Å². The molecule has 0 unspecified atom stereocenters. The fraction of sp³-hybridized carbons (Fsp3) is 0.105. The van der Waals surface area contributed by atoms with Crippen LogP contribution in [-0.2, 0) is 12.8 Å². The maximum Gasteiger partial charge on any atom is 0.420 e. The first-order chi connectivity index (χ1) is 12.4. The zero-order valence-electron chi connectivity index (χ0n) is 13.3. The van der Waals surface area contributed by atoms with E-state index < -0.39 is 30.1 Å². The highest BCUT2D eigenvalue weighted by Gasteiger charge is 2.41. The molecule has 0 atom stereocenters. The zero-order chi connectivity index (χ0) is 18.7. The molecule has 0 radical (unpaired) electrons. The van der Waals surface area contributed by atoms with Crippen LogP contribution in [0.15, 0.2) is 65.3 Å². The Kier molecular flexibility index (Phi) is 4.71. The van der Waals surface area contributed by atoms with Gasteiger partial charge in [0.05, 0.1) is 6.26 Å². The van der Waals surface area contributed by atoms with Crippen LogP contribution in [-0.4, -0.2) is 11.1 Å². The minimum Gasteiger partial charge on any atom is -0.489 e. The fourth-order valence-corrected chi connectivity index (χ4v) is 2.50. The van der Waals surface area contributed by atoms with Crippen LogP contribution in [0.4, 0.5) is 13.2 Å². The van der Waals surface area contributed by atoms with Crippen molar-refractivity contribution in [3.63, 3.8) is 0 Å². The highest BCUT2D eigenvalue weighted by atomic mass is 19.4. The Morgan fingerprint density at radius 3 is 2.19 bits per heavy atom. The SMILES string of the molecule is O=C(O)c1occ(COc2ccc(-c3ccccc3)cc2)c1C(F)(F)F. The molecule has 1 heterocycles. The van der Waals surface area contributed by atoms with Crippen molar-refractivity contribution in [2.24, 2.45) is 0 Å². The summed E-state index contributed by atoms with van der Waals surface area (Å²) >= 11 is 0. The normalized spacial score (nSPS) is 11.3. The van der Waals surface area contributed by atoms with E-state index in [0.717, 1.165) is 17.4 Å². The number of furan rings is 1. The molecule has 0 saturated carbocycles. The van der Waals surface area contributed by atoms with Gasteiger partial charge in [-0.3, -0.25) is 0 Å². The Balaban J connectivity index is 1.77. The monoisotopic (exact) mass is 362 g/mol. The quantitative estimate of drug-likeness (QED) is 0.674. The number of carbonyl (C=O) groups is 1. The van der Waals surface area contributed by atoms with E-state index in [1.165, 1.54) is 0 Å². The lowest BCUT2D eigenvalue weighted by Crippen LogP contribution is -2.13. The third-order valence-corrected chi connectivity index (χ3v) is 3.70. The van der Waals surface area contributed by atoms with Crippen molar-refractivity contribution in [3.8, 4) is 16.9 Å². The molecular weight excluding hydrogens is 349 g/mol. The summed E-state index contributed by atoms with van der Waals surface area (Å²) in [4.78, 5) is 10.9. The number of hydrogen-bond donors (Lipinski definition) is 1. The van der Waals surface area contributed by atoms with Gasteiger partial charge < -0.3 is 14.3 Å². The van der Waals surface area contributed by atoms with Crippen molar-refractivity contribution in [1.82, 2.24) is 0 Å². The summed E-state index contributed by atoms with van der Waals surface area (Å²) in [6.07, 6.45) is -4.10. The smallest absolute Gasteiger partial charge is 0.420 e. The first-order valence-electron chi connectivity index (χ1n) is 7.55. The Morgan fingerprint density at radius 1 is 1.00 bits per heavy atom. The predicted molar refractivity (Wildman–Crippen MR) is 86.9 cm³/mol. The molecule has 2 aromatic carbocycles. The number of hydrogen-bond acceptors (Lipinski definition) is 3. The Morgan fingerprint density at radius 2 is 1.62 bits per heavy atom. The van der Waals surface area contributed by atoms with Gasteiger partial charge in [0.15, 0.2) is 0 Å². The van der Waals surface area contributed by atoms with Gasteiger partial charge in [-0.1, -0.05) is 42.5 Å². The molecular formula is C19H13F3O4. The second-order valence-corrected chi connectivity index (χ2v) is 5.45. The van der Waals surface area contributed by atoms with Crippen LogP contribution in [0, 0.1) is 0 Å². The van der Waals surface area contributed by atoms with Gasteiger partial charge in [-0.25, -0.2) is 4.79 Å². The molecule has 4 nitrogen and oxygen atoms in total. The van der Waals surface area contributed by atoms with Crippen LogP contribution in [0.3, 0.4) is 0 Å². The van der Waals surface area contributed by atoms with Gasteiger partial charge in [0.1, 0.15) is 17.9 Å². The molecule has 0 spiro atoms. The topological polar surface area (TPSA) is 59.7 Å². The third-order valence-electron chi connectivity index (χ3n) is 3.70. The summed E-state index contributed by atoms with van der Waals surface area (Å²) in [5.41, 5.74) is 0.234. The Hall–Kier alpha value is -3.22. The number of aromatic carboxylic acids is 1. The van der Waals surface area contributed by atoms with E-state index in [9.17, 15) is 18.0 Å². The maximum atomic E-state index is 13.1. The first-order valence-corrected chi connectivity index (χ1v) is 7.55. The van der Waals surface area contributed by atoms with E-state index in [-0.39, 0.29) is 5.56 Å². The van der Waals surface area contributed by atoms with Gasteiger partial charge in [-0.2, -0.15) is 13.2 Å². The molecule has 0 aliphatic carbocycles. The Bertz CT molecular complexity index is 897. The summed E-state index contributed by atoms with van der Waals surface area (Å²) in [5.74, 6) is -2.57. The van der Waals surface area contributed by atoms with Crippen LogP contribution in [0.5, 0.6) is 5.75 Å². The van der Waals surface area contributed by atoms with Crippen molar-refractivity contribution < 1.29 is 32.2 Å². The summed E-state index contributed by atoms with van der Waals surface area (Å²) in [6, 6.07) is 16.4. The molecule has 0 aliphatic heterocycles. The summed E-state index contributed by atoms with van der Waals surface area (Å²) < 4.78 is 49.2. The molecule has 26 heavy (non-hydrogen) atoms. The second kappa shape index (κ2) is 6.95. The number of benzene rings is 2. The van der Waals surface area contributed by atoms with Gasteiger partial charge in [-0.05, 0) is 23.3 Å². The fourth-order valence-electron chi connectivity index (χ4n) is 2.50. The molecule has 3 rings (SSSR count). The predicted octanol–water partition coefficient (Wildman–Crippen LogP) is 5.24. The molecule has 0 saturated heterocycles. The van der Waals surface area contributed by atoms with Crippen LogP contribution in [0.2, 0.25) is 0 Å². The minimum atomic E-state index is -4.85. The number of carboxylic acids is 1. The van der Waals surface area contributed by atoms with E-state index in [1.54, 1.807) is 24.3 Å². The standard InChI is InChI=1S/C19H13F3O4/c20-19(21,22)16-14(11-26-17(16)18(23)24)10-25-15-8-6-13(7-9-15)12-4-2-1-3-5-12/h1-9,11H,10H2,(H,23,24). The van der Waals surface area contributed by atoms with Crippen molar-refractivity contribution in [2.45, 2.75) is 12.8 Å². The Labute approximate surface area is 146 Å². The molecule has 0 amide bonds. The molecule has 1 aromatic heterocycles. The average Bonchev–Trinajstić information content (AvgIpc) is 3.06. The highest BCUT2D eigenvalue weighted by molar-refractivity contribution is 5.86. The summed E-state index contributed by atoms with van der Waals surface area (Å²) in [7, 11) is 0. The number of alkyl halides is 3. The molecule has 3 aromatic rings. The van der Waals surface area contributed by atoms with Crippen molar-refractivity contribution in [1.29, 1.82) is 0 Å². The van der Waals surface area contributed by atoms with Crippen molar-refractivity contribution in [3.05, 3.63) is 77.7 Å².